The van der Waals surface area contributed by atoms with E-state index in [1.165, 1.54) is 0 Å². The Labute approximate surface area is 226 Å². The molecule has 0 saturated carbocycles. The van der Waals surface area contributed by atoms with Gasteiger partial charge >= 0.3 is 0 Å². The standard InChI is InChI=1S/C29H40N4O4S/c1-6-10-23-17-19(3)31-28(34)25(23)18-30-29(35)27-21(5)33(26-12-9-8-11-24(26)27)20(4)22-13-15-32(16-14-22)38(36,37)7-2/h8-9,11-12,17,20,22,25H,6-7,10,13-16,18H2,1-5H3,(H,30,35)/t20-,25?/m1/s1. The van der Waals surface area contributed by atoms with E-state index >= 15 is 0 Å². The molecule has 1 N–H and O–H groups in total. The smallest absolute Gasteiger partial charge is 0.254 e. The maximum Gasteiger partial charge on any atom is 0.254 e. The third kappa shape index (κ3) is 5.50. The van der Waals surface area contributed by atoms with Gasteiger partial charge in [-0.25, -0.2) is 17.7 Å². The number of carbonyl (C=O) groups is 2. The summed E-state index contributed by atoms with van der Waals surface area (Å²) in [6.07, 6.45) is 5.25. The molecular weight excluding hydrogens is 500 g/mol. The highest BCUT2D eigenvalue weighted by molar-refractivity contribution is 7.89. The Morgan fingerprint density at radius 1 is 1.16 bits per heavy atom. The topological polar surface area (TPSA) is 101 Å². The largest absolute Gasteiger partial charge is 0.351 e. The van der Waals surface area contributed by atoms with Crippen molar-refractivity contribution in [2.24, 2.45) is 16.8 Å². The summed E-state index contributed by atoms with van der Waals surface area (Å²) in [6, 6.07) is 8.02. The molecule has 4 rings (SSSR count). The maximum atomic E-state index is 13.6. The number of hydrogen-bond donors (Lipinski definition) is 1. The van der Waals surface area contributed by atoms with Gasteiger partial charge in [-0.3, -0.25) is 9.59 Å². The van der Waals surface area contributed by atoms with Crippen LogP contribution in [0.4, 0.5) is 0 Å². The van der Waals surface area contributed by atoms with Crippen LogP contribution in [0.25, 0.3) is 10.9 Å². The molecule has 2 aliphatic rings. The van der Waals surface area contributed by atoms with E-state index in [1.54, 1.807) is 11.2 Å². The molecule has 0 spiro atoms. The maximum absolute atomic E-state index is 13.6. The molecule has 1 aromatic heterocycles. The summed E-state index contributed by atoms with van der Waals surface area (Å²) in [6.45, 7) is 11.0. The normalized spacial score (nSPS) is 20.3. The second-order valence-corrected chi connectivity index (χ2v) is 12.8. The number of carbonyl (C=O) groups excluding carboxylic acids is 2. The minimum atomic E-state index is -3.18. The Bertz CT molecular complexity index is 1380. The van der Waals surface area contributed by atoms with E-state index in [4.69, 9.17) is 0 Å². The number of dihydropyridines is 1. The van der Waals surface area contributed by atoms with Gasteiger partial charge in [-0.15, -0.1) is 0 Å². The average molecular weight is 541 g/mol. The van der Waals surface area contributed by atoms with Gasteiger partial charge in [0.15, 0.2) is 0 Å². The highest BCUT2D eigenvalue weighted by atomic mass is 32.2. The minimum absolute atomic E-state index is 0.101. The zero-order valence-electron chi connectivity index (χ0n) is 23.2. The summed E-state index contributed by atoms with van der Waals surface area (Å²) in [5, 5.41) is 3.92. The number of aliphatic imine (C=N–C) groups is 1. The molecule has 0 bridgehead atoms. The van der Waals surface area contributed by atoms with Gasteiger partial charge < -0.3 is 9.88 Å². The highest BCUT2D eigenvalue weighted by Gasteiger charge is 2.33. The molecule has 9 heteroatoms. The van der Waals surface area contributed by atoms with Gasteiger partial charge in [0.2, 0.25) is 10.0 Å². The van der Waals surface area contributed by atoms with E-state index < -0.39 is 15.9 Å². The molecule has 2 aromatic rings. The van der Waals surface area contributed by atoms with Crippen LogP contribution in [0.2, 0.25) is 0 Å². The predicted molar refractivity (Wildman–Crippen MR) is 152 cm³/mol. The second-order valence-electron chi connectivity index (χ2n) is 10.5. The monoisotopic (exact) mass is 540 g/mol. The number of benzene rings is 1. The molecule has 206 valence electrons. The molecular formula is C29H40N4O4S. The number of rotatable bonds is 9. The molecule has 38 heavy (non-hydrogen) atoms. The Balaban J connectivity index is 1.56. The number of aromatic nitrogens is 1. The SMILES string of the molecule is CCCC1=CC(C)=NC(=O)C1CNC(=O)c1c(C)n([C@H](C)C2CCN(S(=O)(=O)CC)CC2)c2ccccc12. The Morgan fingerprint density at radius 3 is 2.50 bits per heavy atom. The number of hydrogen-bond acceptors (Lipinski definition) is 4. The van der Waals surface area contributed by atoms with Crippen molar-refractivity contribution >= 4 is 38.5 Å². The van der Waals surface area contributed by atoms with E-state index in [0.717, 1.165) is 47.9 Å². The van der Waals surface area contributed by atoms with Gasteiger partial charge in [0.1, 0.15) is 0 Å². The third-order valence-electron chi connectivity index (χ3n) is 8.16. The lowest BCUT2D eigenvalue weighted by atomic mass is 9.90. The number of sulfonamides is 1. The van der Waals surface area contributed by atoms with Crippen LogP contribution in [-0.4, -0.2) is 60.2 Å². The molecule has 1 fully saturated rings. The summed E-state index contributed by atoms with van der Waals surface area (Å²) in [7, 11) is -3.18. The lowest BCUT2D eigenvalue weighted by Gasteiger charge is -2.35. The Kier molecular flexibility index (Phi) is 8.57. The lowest BCUT2D eigenvalue weighted by Crippen LogP contribution is -2.40. The van der Waals surface area contributed by atoms with Crippen LogP contribution in [0.3, 0.4) is 0 Å². The van der Waals surface area contributed by atoms with Crippen LogP contribution in [0.5, 0.6) is 0 Å². The first-order chi connectivity index (χ1) is 18.1. The van der Waals surface area contributed by atoms with Crippen LogP contribution in [0.1, 0.15) is 75.5 Å². The molecule has 1 saturated heterocycles. The number of fused-ring (bicyclic) bond motifs is 1. The fourth-order valence-corrected chi connectivity index (χ4v) is 7.21. The van der Waals surface area contributed by atoms with Gasteiger partial charge in [0.25, 0.3) is 11.8 Å². The summed E-state index contributed by atoms with van der Waals surface area (Å²) in [5.74, 6) is -0.395. The number of nitrogens with zero attached hydrogens (tertiary/aromatic N) is 3. The number of amides is 2. The first-order valence-electron chi connectivity index (χ1n) is 13.7. The van der Waals surface area contributed by atoms with Crippen molar-refractivity contribution in [3.8, 4) is 0 Å². The van der Waals surface area contributed by atoms with E-state index in [9.17, 15) is 18.0 Å². The number of para-hydroxylation sites is 1. The number of piperidine rings is 1. The van der Waals surface area contributed by atoms with Crippen molar-refractivity contribution < 1.29 is 18.0 Å². The Morgan fingerprint density at radius 2 is 1.84 bits per heavy atom. The Hall–Kier alpha value is -2.78. The average Bonchev–Trinajstić information content (AvgIpc) is 3.19. The van der Waals surface area contributed by atoms with E-state index in [1.807, 2.05) is 44.2 Å². The molecule has 2 atom stereocenters. The van der Waals surface area contributed by atoms with Gasteiger partial charge in [-0.05, 0) is 65.0 Å². The van der Waals surface area contributed by atoms with Crippen molar-refractivity contribution in [3.05, 3.63) is 47.2 Å². The molecule has 2 aliphatic heterocycles. The van der Waals surface area contributed by atoms with Crippen LogP contribution in [-0.2, 0) is 14.8 Å². The zero-order valence-corrected chi connectivity index (χ0v) is 24.0. The van der Waals surface area contributed by atoms with E-state index in [0.29, 0.717) is 30.3 Å². The molecule has 1 unspecified atom stereocenters. The quantitative estimate of drug-likeness (QED) is 0.500. The number of allylic oxidation sites excluding steroid dienone is 1. The van der Waals surface area contributed by atoms with Crippen LogP contribution in [0, 0.1) is 18.8 Å². The third-order valence-corrected chi connectivity index (χ3v) is 10.0. The predicted octanol–water partition coefficient (Wildman–Crippen LogP) is 4.65. The number of nitrogens with one attached hydrogen (secondary N) is 1. The van der Waals surface area contributed by atoms with Crippen molar-refractivity contribution in [2.75, 3.05) is 25.4 Å². The molecule has 8 nitrogen and oxygen atoms in total. The summed E-state index contributed by atoms with van der Waals surface area (Å²) < 4.78 is 28.5. The highest BCUT2D eigenvalue weighted by Crippen LogP contribution is 2.36. The lowest BCUT2D eigenvalue weighted by molar-refractivity contribution is -0.120. The van der Waals surface area contributed by atoms with Crippen LogP contribution >= 0.6 is 0 Å². The second kappa shape index (κ2) is 11.5. The molecule has 3 heterocycles. The zero-order chi connectivity index (χ0) is 27.6. The van der Waals surface area contributed by atoms with Crippen LogP contribution < -0.4 is 5.32 Å². The first-order valence-corrected chi connectivity index (χ1v) is 15.3. The van der Waals surface area contributed by atoms with Crippen molar-refractivity contribution in [1.29, 1.82) is 0 Å². The van der Waals surface area contributed by atoms with Gasteiger partial charge in [-0.2, -0.15) is 0 Å². The van der Waals surface area contributed by atoms with Crippen LogP contribution in [0.15, 0.2) is 40.9 Å². The van der Waals surface area contributed by atoms with Gasteiger partial charge in [0, 0.05) is 48.0 Å². The molecule has 1 aromatic carbocycles. The fraction of sp³-hybridized carbons (Fsp3) is 0.552. The van der Waals surface area contributed by atoms with Crippen molar-refractivity contribution in [2.45, 2.75) is 66.3 Å². The van der Waals surface area contributed by atoms with E-state index in [-0.39, 0.29) is 30.2 Å². The van der Waals surface area contributed by atoms with E-state index in [2.05, 4.69) is 28.7 Å². The van der Waals surface area contributed by atoms with Gasteiger partial charge in [0.05, 0.1) is 17.2 Å². The molecule has 0 radical (unpaired) electrons. The van der Waals surface area contributed by atoms with Gasteiger partial charge in [-0.1, -0.05) is 37.1 Å². The summed E-state index contributed by atoms with van der Waals surface area (Å²) in [4.78, 5) is 30.4. The molecule has 2 amide bonds. The first kappa shape index (κ1) is 28.2. The summed E-state index contributed by atoms with van der Waals surface area (Å²) >= 11 is 0. The minimum Gasteiger partial charge on any atom is -0.351 e. The van der Waals surface area contributed by atoms with Crippen molar-refractivity contribution in [1.82, 2.24) is 14.2 Å². The fourth-order valence-electron chi connectivity index (χ4n) is 6.08. The summed E-state index contributed by atoms with van der Waals surface area (Å²) in [5.41, 5.74) is 4.24. The van der Waals surface area contributed by atoms with Crippen molar-refractivity contribution in [3.63, 3.8) is 0 Å². The molecule has 0 aliphatic carbocycles.